The molecule has 2 N–H and O–H groups in total. The molecule has 2 amide bonds. The van der Waals surface area contributed by atoms with E-state index in [1.807, 2.05) is 41.2 Å². The molecule has 7 nitrogen and oxygen atoms in total. The Bertz CT molecular complexity index is 1460. The third-order valence-electron chi connectivity index (χ3n) is 6.21. The number of carbonyl (C=O) groups is 2. The first kappa shape index (κ1) is 20.9. The Labute approximate surface area is 198 Å². The van der Waals surface area contributed by atoms with Crippen molar-refractivity contribution < 1.29 is 14.0 Å². The average Bonchev–Trinajstić information content (AvgIpc) is 3.26. The molecule has 3 heterocycles. The van der Waals surface area contributed by atoms with Gasteiger partial charge in [-0.25, -0.2) is 9.07 Å². The van der Waals surface area contributed by atoms with Gasteiger partial charge < -0.3 is 10.6 Å². The minimum atomic E-state index is -0.590. The number of nitrogens with one attached hydrogen (secondary N) is 2. The summed E-state index contributed by atoms with van der Waals surface area (Å²) < 4.78 is 16.5. The van der Waals surface area contributed by atoms with Crippen LogP contribution in [0.5, 0.6) is 0 Å². The number of anilines is 1. The highest BCUT2D eigenvalue weighted by atomic mass is 32.2. The van der Waals surface area contributed by atoms with Crippen LogP contribution < -0.4 is 10.6 Å². The Balaban J connectivity index is 1.22. The van der Waals surface area contributed by atoms with Crippen LogP contribution in [-0.4, -0.2) is 38.4 Å². The lowest BCUT2D eigenvalue weighted by Crippen LogP contribution is -2.39. The van der Waals surface area contributed by atoms with Crippen LogP contribution in [0.25, 0.3) is 16.6 Å². The van der Waals surface area contributed by atoms with Crippen molar-refractivity contribution >= 4 is 40.2 Å². The summed E-state index contributed by atoms with van der Waals surface area (Å²) in [6, 6.07) is 12.5. The molecular formula is C25H20FN5O2S. The average molecular weight is 474 g/mol. The topological polar surface area (TPSA) is 88.9 Å². The van der Waals surface area contributed by atoms with Crippen molar-refractivity contribution in [3.8, 4) is 5.69 Å². The van der Waals surface area contributed by atoms with Gasteiger partial charge in [-0.15, -0.1) is 11.8 Å². The van der Waals surface area contributed by atoms with Crippen LogP contribution in [0.4, 0.5) is 10.1 Å². The van der Waals surface area contributed by atoms with E-state index in [4.69, 9.17) is 5.10 Å². The molecule has 0 radical (unpaired) electrons. The van der Waals surface area contributed by atoms with Gasteiger partial charge in [0.15, 0.2) is 0 Å². The number of halogens is 1. The number of hydrogen-bond donors (Lipinski definition) is 2. The number of carbonyl (C=O) groups excluding carboxylic acids is 2. The number of amides is 2. The molecular weight excluding hydrogens is 453 g/mol. The number of hydrogen-bond acceptors (Lipinski definition) is 5. The number of rotatable bonds is 3. The predicted molar refractivity (Wildman–Crippen MR) is 128 cm³/mol. The predicted octanol–water partition coefficient (Wildman–Crippen LogP) is 3.89. The van der Waals surface area contributed by atoms with E-state index in [0.717, 1.165) is 27.8 Å². The number of nitrogens with zero attached hydrogens (tertiary/aromatic N) is 3. The second-order valence-corrected chi connectivity index (χ2v) is 9.49. The van der Waals surface area contributed by atoms with E-state index in [0.29, 0.717) is 29.8 Å². The fourth-order valence-electron chi connectivity index (χ4n) is 4.56. The fraction of sp³-hybridized carbons (Fsp3) is 0.200. The first-order valence-electron chi connectivity index (χ1n) is 11.0. The molecule has 0 saturated heterocycles. The monoisotopic (exact) mass is 473 g/mol. The minimum absolute atomic E-state index is 0.0649. The Hall–Kier alpha value is -3.72. The molecule has 170 valence electrons. The summed E-state index contributed by atoms with van der Waals surface area (Å²) in [5.41, 5.74) is 4.25. The molecule has 4 aromatic rings. The van der Waals surface area contributed by atoms with Gasteiger partial charge in [0.05, 0.1) is 33.9 Å². The second-order valence-electron chi connectivity index (χ2n) is 8.48. The SMILES string of the molecule is O=C1CSc2cc(F)c(C(=O)NC3CCc4nn(-c5cccc6cccnc56)cc4C3)cc2N1. The van der Waals surface area contributed by atoms with Gasteiger partial charge in [0, 0.05) is 28.7 Å². The van der Waals surface area contributed by atoms with Crippen molar-refractivity contribution in [1.82, 2.24) is 20.1 Å². The molecule has 1 aliphatic carbocycles. The molecule has 6 rings (SSSR count). The molecule has 1 atom stereocenters. The van der Waals surface area contributed by atoms with E-state index >= 15 is 0 Å². The van der Waals surface area contributed by atoms with E-state index < -0.39 is 11.7 Å². The normalized spacial score (nSPS) is 17.1. The molecule has 0 spiro atoms. The third-order valence-corrected chi connectivity index (χ3v) is 7.27. The second kappa shape index (κ2) is 8.25. The summed E-state index contributed by atoms with van der Waals surface area (Å²) in [6.45, 7) is 0. The largest absolute Gasteiger partial charge is 0.349 e. The van der Waals surface area contributed by atoms with E-state index in [-0.39, 0.29) is 23.3 Å². The van der Waals surface area contributed by atoms with Crippen molar-refractivity contribution in [3.05, 3.63) is 77.5 Å². The summed E-state index contributed by atoms with van der Waals surface area (Å²) in [6.07, 6.45) is 5.79. The van der Waals surface area contributed by atoms with Crippen molar-refractivity contribution in [2.45, 2.75) is 30.2 Å². The lowest BCUT2D eigenvalue weighted by molar-refractivity contribution is -0.113. The van der Waals surface area contributed by atoms with Gasteiger partial charge in [0.2, 0.25) is 5.91 Å². The van der Waals surface area contributed by atoms with E-state index in [1.54, 1.807) is 6.20 Å². The van der Waals surface area contributed by atoms with Gasteiger partial charge in [-0.3, -0.25) is 14.6 Å². The van der Waals surface area contributed by atoms with Crippen molar-refractivity contribution in [3.63, 3.8) is 0 Å². The number of fused-ring (bicyclic) bond motifs is 3. The lowest BCUT2D eigenvalue weighted by atomic mass is 9.93. The highest BCUT2D eigenvalue weighted by Gasteiger charge is 2.26. The van der Waals surface area contributed by atoms with Crippen molar-refractivity contribution in [2.24, 2.45) is 0 Å². The summed E-state index contributed by atoms with van der Waals surface area (Å²) >= 11 is 1.26. The number of thioether (sulfide) groups is 1. The number of pyridine rings is 1. The molecule has 34 heavy (non-hydrogen) atoms. The number of aryl methyl sites for hydroxylation is 1. The number of para-hydroxylation sites is 1. The maximum atomic E-state index is 14.6. The Morgan fingerprint density at radius 1 is 1.24 bits per heavy atom. The van der Waals surface area contributed by atoms with Crippen molar-refractivity contribution in [1.29, 1.82) is 0 Å². The standard InChI is InChI=1S/C25H20FN5O2S/c26-18-11-22-20(29-23(32)13-34-22)10-17(18)25(33)28-16-6-7-19-15(9-16)12-31(30-19)21-5-1-3-14-4-2-8-27-24(14)21/h1-5,8,10-12,16H,6-7,9,13H2,(H,28,33)(H,29,32). The summed E-state index contributed by atoms with van der Waals surface area (Å²) in [5.74, 6) is -0.990. The van der Waals surface area contributed by atoms with Crippen LogP contribution in [0.15, 0.2) is 59.8 Å². The molecule has 2 aliphatic rings. The lowest BCUT2D eigenvalue weighted by Gasteiger charge is -2.23. The van der Waals surface area contributed by atoms with Gasteiger partial charge in [0.25, 0.3) is 5.91 Å². The Morgan fingerprint density at radius 2 is 2.12 bits per heavy atom. The fourth-order valence-corrected chi connectivity index (χ4v) is 5.37. The molecule has 2 aromatic heterocycles. The minimum Gasteiger partial charge on any atom is -0.349 e. The highest BCUT2D eigenvalue weighted by Crippen LogP contribution is 2.33. The Kier molecular flexibility index (Phi) is 5.06. The third kappa shape index (κ3) is 3.71. The van der Waals surface area contributed by atoms with Crippen LogP contribution in [0.2, 0.25) is 0 Å². The quantitative estimate of drug-likeness (QED) is 0.471. The van der Waals surface area contributed by atoms with Crippen molar-refractivity contribution in [2.75, 3.05) is 11.1 Å². The zero-order valence-corrected chi connectivity index (χ0v) is 18.9. The van der Waals surface area contributed by atoms with Gasteiger partial charge in [-0.1, -0.05) is 18.2 Å². The smallest absolute Gasteiger partial charge is 0.254 e. The molecule has 0 saturated carbocycles. The molecule has 0 fully saturated rings. The molecule has 9 heteroatoms. The summed E-state index contributed by atoms with van der Waals surface area (Å²) in [5, 5.41) is 11.5. The highest BCUT2D eigenvalue weighted by molar-refractivity contribution is 8.00. The number of benzene rings is 2. The molecule has 0 bridgehead atoms. The van der Waals surface area contributed by atoms with E-state index in [9.17, 15) is 14.0 Å². The van der Waals surface area contributed by atoms with Crippen LogP contribution in [-0.2, 0) is 17.6 Å². The van der Waals surface area contributed by atoms with E-state index in [1.165, 1.54) is 23.9 Å². The van der Waals surface area contributed by atoms with Crippen LogP contribution >= 0.6 is 11.8 Å². The molecule has 1 unspecified atom stereocenters. The van der Waals surface area contributed by atoms with E-state index in [2.05, 4.69) is 15.6 Å². The maximum absolute atomic E-state index is 14.6. The van der Waals surface area contributed by atoms with Gasteiger partial charge in [-0.2, -0.15) is 5.10 Å². The first-order chi connectivity index (χ1) is 16.5. The van der Waals surface area contributed by atoms with Gasteiger partial charge in [-0.05, 0) is 49.1 Å². The summed E-state index contributed by atoms with van der Waals surface area (Å²) in [7, 11) is 0. The van der Waals surface area contributed by atoms with Gasteiger partial charge in [0.1, 0.15) is 5.82 Å². The van der Waals surface area contributed by atoms with Crippen LogP contribution in [0.1, 0.15) is 28.0 Å². The van der Waals surface area contributed by atoms with Gasteiger partial charge >= 0.3 is 0 Å². The van der Waals surface area contributed by atoms with Crippen LogP contribution in [0.3, 0.4) is 0 Å². The van der Waals surface area contributed by atoms with Crippen LogP contribution in [0, 0.1) is 5.82 Å². The first-order valence-corrected chi connectivity index (χ1v) is 12.0. The number of aromatic nitrogens is 3. The summed E-state index contributed by atoms with van der Waals surface area (Å²) in [4.78, 5) is 29.7. The Morgan fingerprint density at radius 3 is 3.03 bits per heavy atom. The molecule has 2 aromatic carbocycles. The zero-order chi connectivity index (χ0) is 23.2. The maximum Gasteiger partial charge on any atom is 0.254 e. The molecule has 1 aliphatic heterocycles. The zero-order valence-electron chi connectivity index (χ0n) is 18.0.